The minimum Gasteiger partial charge on any atom is -0.455 e. The van der Waals surface area contributed by atoms with Gasteiger partial charge in [-0.05, 0) is 95.8 Å². The first-order valence-electron chi connectivity index (χ1n) is 32.4. The van der Waals surface area contributed by atoms with Crippen LogP contribution in [-0.4, -0.2) is 141 Å². The molecule has 20 atom stereocenters. The monoisotopic (exact) mass is 1240 g/mol. The summed E-state index contributed by atoms with van der Waals surface area (Å²) < 4.78 is 33.3. The van der Waals surface area contributed by atoms with Gasteiger partial charge >= 0.3 is 11.9 Å². The van der Waals surface area contributed by atoms with Crippen LogP contribution in [0.3, 0.4) is 0 Å². The van der Waals surface area contributed by atoms with Crippen molar-refractivity contribution in [3.63, 3.8) is 0 Å². The van der Waals surface area contributed by atoms with Crippen molar-refractivity contribution in [2.75, 3.05) is 13.2 Å². The van der Waals surface area contributed by atoms with Crippen LogP contribution < -0.4 is 10.4 Å². The van der Waals surface area contributed by atoms with Gasteiger partial charge in [-0.1, -0.05) is 198 Å². The lowest BCUT2D eigenvalue weighted by Gasteiger charge is -2.70. The van der Waals surface area contributed by atoms with Crippen molar-refractivity contribution >= 4 is 30.6 Å². The first kappa shape index (κ1) is 65.6. The van der Waals surface area contributed by atoms with Gasteiger partial charge in [0.05, 0.1) is 61.0 Å². The number of hydrogen-bond acceptors (Lipinski definition) is 14. The molecule has 0 aromatic heterocycles. The lowest BCUT2D eigenvalue weighted by molar-refractivity contribution is -0.337. The van der Waals surface area contributed by atoms with Gasteiger partial charge < -0.3 is 59.1 Å². The summed E-state index contributed by atoms with van der Waals surface area (Å²) in [6.07, 6.45) is -8.31. The summed E-state index contributed by atoms with van der Waals surface area (Å²) in [5.74, 6) is -2.70. The number of hydrogen-bond donors (Lipinski definition) is 7. The van der Waals surface area contributed by atoms with E-state index in [1.165, 1.54) is 0 Å². The Hall–Kier alpha value is -4.88. The predicted octanol–water partition coefficient (Wildman–Crippen LogP) is 9.29. The minimum absolute atomic E-state index is 0.114. The molecule has 14 nitrogen and oxygen atoms in total. The predicted molar refractivity (Wildman–Crippen MR) is 342 cm³/mol. The molecular weight excluding hydrogens is 1140 g/mol. The topological polar surface area (TPSA) is 222 Å². The summed E-state index contributed by atoms with van der Waals surface area (Å²) in [6, 6.07) is 38.4. The fraction of sp³-hybridized carbons (Fsp3) is 0.595. The maximum absolute atomic E-state index is 14.3. The highest BCUT2D eigenvalue weighted by atomic mass is 28.4. The van der Waals surface area contributed by atoms with Crippen LogP contribution in [0.1, 0.15) is 150 Å². The molecule has 4 saturated carbocycles. The number of carbonyl (C=O) groups is 2. The number of ether oxygens (including phenoxy) is 4. The molecule has 0 unspecified atom stereocenters. The molecule has 4 aromatic carbocycles. The van der Waals surface area contributed by atoms with Gasteiger partial charge in [-0.3, -0.25) is 0 Å². The molecule has 89 heavy (non-hydrogen) atoms. The van der Waals surface area contributed by atoms with Crippen molar-refractivity contribution in [3.05, 3.63) is 155 Å². The minimum atomic E-state index is -3.23. The number of benzene rings is 4. The Balaban J connectivity index is 0.000000197. The Morgan fingerprint density at radius 2 is 0.876 bits per heavy atom. The van der Waals surface area contributed by atoms with E-state index in [1.54, 1.807) is 55.5 Å². The van der Waals surface area contributed by atoms with Crippen molar-refractivity contribution in [2.45, 2.75) is 207 Å². The SMILES string of the molecule is CC1=C2[C@@H](O)[C@H](O)[C@@]3(C)[C@H]([C@H](OC(=O)c4ccccc4)[C@](O)(C[C@@H]1C)C2(C)C)[C@]1(C)CO[C@@H]1C[C@@H]3O.CC1=C2[C@@H](O)[C@H](O)[C@]3(C)[C@@H](O[Si](c4ccccc4)(c4ccccc4)C(C)(C)C)C[C@H]4OC[C@@]4(C)[C@H]3[C@H](OC(=O)c3ccccc3)[C@](O)(C[C@@H]1C)C2(C)C. The number of allylic oxidation sites excluding steroid dienone is 2. The fourth-order valence-electron chi connectivity index (χ4n) is 19.4. The van der Waals surface area contributed by atoms with Gasteiger partial charge in [-0.2, -0.15) is 0 Å². The van der Waals surface area contributed by atoms with Crippen LogP contribution >= 0.6 is 0 Å². The normalized spacial score (nSPS) is 41.1. The second-order valence-corrected chi connectivity index (χ2v) is 35.5. The van der Waals surface area contributed by atoms with Crippen LogP contribution in [0.2, 0.25) is 5.04 Å². The van der Waals surface area contributed by atoms with Crippen LogP contribution in [0, 0.1) is 56.2 Å². The van der Waals surface area contributed by atoms with Crippen LogP contribution in [0.4, 0.5) is 0 Å². The maximum Gasteiger partial charge on any atom is 0.338 e. The molecule has 0 spiro atoms. The van der Waals surface area contributed by atoms with Crippen LogP contribution in [0.25, 0.3) is 0 Å². The molecule has 4 bridgehead atoms. The molecule has 6 fully saturated rings. The molecule has 6 aliphatic carbocycles. The van der Waals surface area contributed by atoms with E-state index in [9.17, 15) is 45.3 Å². The first-order valence-corrected chi connectivity index (χ1v) is 34.3. The summed E-state index contributed by atoms with van der Waals surface area (Å²) in [5.41, 5.74) is -5.20. The van der Waals surface area contributed by atoms with E-state index in [-0.39, 0.29) is 29.1 Å². The van der Waals surface area contributed by atoms with Crippen molar-refractivity contribution in [2.24, 2.45) is 56.2 Å². The first-order chi connectivity index (χ1) is 41.6. The van der Waals surface area contributed by atoms with Crippen LogP contribution in [0.15, 0.2) is 144 Å². The number of esters is 2. The van der Waals surface area contributed by atoms with E-state index in [0.717, 1.165) is 21.5 Å². The van der Waals surface area contributed by atoms with E-state index < -0.39 is 125 Å². The maximum atomic E-state index is 14.3. The van der Waals surface area contributed by atoms with E-state index in [4.69, 9.17) is 23.4 Å². The van der Waals surface area contributed by atoms with Gasteiger partial charge in [0.2, 0.25) is 0 Å². The standard InChI is InChI=1S/C45H58O7Si.C29H40O7/c1-28-26-45(49)39(51-40(48)30-19-13-10-14-20-30)37-43(8)27-50-33(43)25-34(44(37,9)38(47)36(46)35(29(28)2)42(45,6)7)52-53(41(3,4)5,31-21-15-11-16-22-31)32-23-17-12-18-24-32;1-15-13-29(34)24(36-25(33)17-10-8-7-9-11-17)22-27(5)14-35-19(27)12-18(30)28(22,6)23(32)21(31)20(16(15)2)26(29,3)4/h10-24,28,33-34,36-39,46-47,49H,25-27H2,1-9H3;7-11,15,18-19,21-24,30-32,34H,12-14H2,1-6H3/t28-,33+,34-,36+,37+,38-,39-,43+,44+,45+;15-,18-,19+,21+,22+,23-,24-,27+,28+,29+/m00/s1. The Kier molecular flexibility index (Phi) is 16.5. The third-order valence-corrected chi connectivity index (χ3v) is 30.1. The highest BCUT2D eigenvalue weighted by Crippen LogP contribution is 2.70. The highest BCUT2D eigenvalue weighted by molar-refractivity contribution is 6.99. The molecule has 4 aromatic rings. The molecule has 0 radical (unpaired) electrons. The molecular formula is C74H98O14Si. The van der Waals surface area contributed by atoms with Gasteiger partial charge in [0.1, 0.15) is 35.6 Å². The zero-order valence-electron chi connectivity index (χ0n) is 54.9. The summed E-state index contributed by atoms with van der Waals surface area (Å²) in [4.78, 5) is 27.8. The highest BCUT2D eigenvalue weighted by Gasteiger charge is 2.77. The fourth-order valence-corrected chi connectivity index (χ4v) is 24.2. The van der Waals surface area contributed by atoms with Gasteiger partial charge in [0, 0.05) is 50.7 Å². The Morgan fingerprint density at radius 3 is 1.24 bits per heavy atom. The third-order valence-electron chi connectivity index (χ3n) is 25.0. The molecule has 2 aliphatic heterocycles. The van der Waals surface area contributed by atoms with E-state index in [1.807, 2.05) is 93.5 Å². The number of aliphatic hydroxyl groups excluding tert-OH is 5. The lowest BCUT2D eigenvalue weighted by atomic mass is 9.42. The quantitative estimate of drug-likeness (QED) is 0.0497. The molecule has 482 valence electrons. The largest absolute Gasteiger partial charge is 0.455 e. The summed E-state index contributed by atoms with van der Waals surface area (Å²) in [5, 5.41) is 88.8. The van der Waals surface area contributed by atoms with Crippen molar-refractivity contribution in [1.82, 2.24) is 0 Å². The number of aliphatic hydroxyl groups is 7. The molecule has 15 heteroatoms. The average Bonchev–Trinajstić information content (AvgIpc) is 0.680. The van der Waals surface area contributed by atoms with Crippen molar-refractivity contribution < 1.29 is 68.7 Å². The van der Waals surface area contributed by atoms with Gasteiger partial charge in [0.15, 0.2) is 0 Å². The molecule has 8 aliphatic rings. The Bertz CT molecular complexity index is 3330. The van der Waals surface area contributed by atoms with Crippen LogP contribution in [-0.2, 0) is 23.4 Å². The summed E-state index contributed by atoms with van der Waals surface area (Å²) in [7, 11) is -3.23. The number of carbonyl (C=O) groups excluding carboxylic acids is 2. The van der Waals surface area contributed by atoms with Gasteiger partial charge in [-0.15, -0.1) is 0 Å². The summed E-state index contributed by atoms with van der Waals surface area (Å²) >= 11 is 0. The van der Waals surface area contributed by atoms with E-state index in [0.29, 0.717) is 61.2 Å². The molecule has 7 N–H and O–H groups in total. The smallest absolute Gasteiger partial charge is 0.338 e. The van der Waals surface area contributed by atoms with Crippen LogP contribution in [0.5, 0.6) is 0 Å². The second-order valence-electron chi connectivity index (χ2n) is 31.2. The second kappa shape index (κ2) is 22.4. The van der Waals surface area contributed by atoms with Crippen molar-refractivity contribution in [3.8, 4) is 0 Å². The van der Waals surface area contributed by atoms with Gasteiger partial charge in [-0.25, -0.2) is 9.59 Å². The molecule has 2 heterocycles. The molecule has 0 amide bonds. The third kappa shape index (κ3) is 9.41. The lowest BCUT2D eigenvalue weighted by Crippen LogP contribution is -2.80. The molecule has 2 saturated heterocycles. The zero-order chi connectivity index (χ0) is 64.8. The van der Waals surface area contributed by atoms with E-state index >= 15 is 0 Å². The number of fused-ring (bicyclic) bond motifs is 10. The van der Waals surface area contributed by atoms with E-state index in [2.05, 4.69) is 76.2 Å². The Labute approximate surface area is 527 Å². The zero-order valence-corrected chi connectivity index (χ0v) is 55.9. The summed E-state index contributed by atoms with van der Waals surface area (Å²) in [6.45, 7) is 30.8. The average molecular weight is 1240 g/mol. The van der Waals surface area contributed by atoms with Gasteiger partial charge in [0.25, 0.3) is 8.32 Å². The Morgan fingerprint density at radius 1 is 0.528 bits per heavy atom. The molecule has 12 rings (SSSR count). The van der Waals surface area contributed by atoms with Crippen molar-refractivity contribution in [1.29, 1.82) is 0 Å². The number of rotatable bonds is 8.